The molecule has 16 heavy (non-hydrogen) atoms. The number of aryl methyl sites for hydroxylation is 1. The molecule has 0 spiro atoms. The van der Waals surface area contributed by atoms with Crippen LogP contribution in [0.25, 0.3) is 0 Å². The van der Waals surface area contributed by atoms with Crippen LogP contribution in [0.4, 0.5) is 0 Å². The van der Waals surface area contributed by atoms with Gasteiger partial charge in [0.15, 0.2) is 5.78 Å². The van der Waals surface area contributed by atoms with E-state index in [0.717, 1.165) is 9.35 Å². The second-order valence-electron chi connectivity index (χ2n) is 4.24. The van der Waals surface area contributed by atoms with E-state index in [9.17, 15) is 4.79 Å². The molecule has 0 aliphatic carbocycles. The molecule has 0 N–H and O–H groups in total. The van der Waals surface area contributed by atoms with Gasteiger partial charge >= 0.3 is 0 Å². The normalized spacial score (nSPS) is 12.5. The Kier molecular flexibility index (Phi) is 4.69. The SMILES string of the molecule is Cc1cc(C(=O)C(C#N)CC(C)C)sc1Br. The first-order valence-electron chi connectivity index (χ1n) is 5.15. The Labute approximate surface area is 108 Å². The van der Waals surface area contributed by atoms with Crippen molar-refractivity contribution in [3.8, 4) is 6.07 Å². The molecular weight excluding hydrogens is 286 g/mol. The van der Waals surface area contributed by atoms with Gasteiger partial charge in [0.05, 0.1) is 14.7 Å². The molecule has 0 aliphatic heterocycles. The van der Waals surface area contributed by atoms with Gasteiger partial charge in [-0.25, -0.2) is 0 Å². The van der Waals surface area contributed by atoms with Crippen LogP contribution in [0.3, 0.4) is 0 Å². The van der Waals surface area contributed by atoms with Crippen molar-refractivity contribution in [1.29, 1.82) is 5.26 Å². The molecule has 86 valence electrons. The van der Waals surface area contributed by atoms with Crippen molar-refractivity contribution in [3.63, 3.8) is 0 Å². The summed E-state index contributed by atoms with van der Waals surface area (Å²) in [6, 6.07) is 3.95. The molecule has 1 rings (SSSR count). The zero-order valence-corrected chi connectivity index (χ0v) is 12.0. The van der Waals surface area contributed by atoms with Gasteiger partial charge in [0, 0.05) is 0 Å². The number of nitriles is 1. The summed E-state index contributed by atoms with van der Waals surface area (Å²) in [4.78, 5) is 12.7. The molecule has 4 heteroatoms. The molecule has 0 saturated heterocycles. The van der Waals surface area contributed by atoms with Gasteiger partial charge in [-0.3, -0.25) is 4.79 Å². The van der Waals surface area contributed by atoms with E-state index in [2.05, 4.69) is 22.0 Å². The van der Waals surface area contributed by atoms with Crippen LogP contribution in [-0.4, -0.2) is 5.78 Å². The molecule has 2 nitrogen and oxygen atoms in total. The summed E-state index contributed by atoms with van der Waals surface area (Å²) in [5.74, 6) is -0.196. The van der Waals surface area contributed by atoms with E-state index < -0.39 is 5.92 Å². The van der Waals surface area contributed by atoms with E-state index in [1.807, 2.05) is 26.8 Å². The molecule has 0 saturated carbocycles. The van der Waals surface area contributed by atoms with Gasteiger partial charge in [0.25, 0.3) is 0 Å². The Morgan fingerprint density at radius 3 is 2.62 bits per heavy atom. The van der Waals surface area contributed by atoms with E-state index in [0.29, 0.717) is 17.2 Å². The van der Waals surface area contributed by atoms with E-state index in [1.165, 1.54) is 11.3 Å². The van der Waals surface area contributed by atoms with E-state index in [-0.39, 0.29) is 5.78 Å². The highest BCUT2D eigenvalue weighted by Gasteiger charge is 2.22. The van der Waals surface area contributed by atoms with Crippen LogP contribution in [-0.2, 0) is 0 Å². The molecule has 0 bridgehead atoms. The molecule has 1 aromatic rings. The molecule has 0 aliphatic rings. The van der Waals surface area contributed by atoms with Crippen molar-refractivity contribution in [2.24, 2.45) is 11.8 Å². The minimum atomic E-state index is -0.509. The average molecular weight is 300 g/mol. The first-order valence-corrected chi connectivity index (χ1v) is 6.76. The molecule has 0 amide bonds. The molecule has 0 fully saturated rings. The lowest BCUT2D eigenvalue weighted by Crippen LogP contribution is -2.14. The van der Waals surface area contributed by atoms with Crippen LogP contribution in [0.15, 0.2) is 9.85 Å². The maximum atomic E-state index is 12.0. The van der Waals surface area contributed by atoms with Crippen molar-refractivity contribution in [2.45, 2.75) is 27.2 Å². The Balaban J connectivity index is 2.88. The highest BCUT2D eigenvalue weighted by molar-refractivity contribution is 9.11. The Morgan fingerprint density at radius 2 is 2.25 bits per heavy atom. The monoisotopic (exact) mass is 299 g/mol. The zero-order valence-electron chi connectivity index (χ0n) is 9.58. The largest absolute Gasteiger partial charge is 0.292 e. The summed E-state index contributed by atoms with van der Waals surface area (Å²) in [5, 5.41) is 9.00. The first-order chi connectivity index (χ1) is 7.45. The summed E-state index contributed by atoms with van der Waals surface area (Å²) in [7, 11) is 0. The Hall–Kier alpha value is -0.660. The summed E-state index contributed by atoms with van der Waals surface area (Å²) in [6.45, 7) is 5.99. The molecule has 0 radical (unpaired) electrons. The molecule has 1 aromatic heterocycles. The average Bonchev–Trinajstić information content (AvgIpc) is 2.54. The van der Waals surface area contributed by atoms with Gasteiger partial charge in [-0.2, -0.15) is 5.26 Å². The van der Waals surface area contributed by atoms with Crippen molar-refractivity contribution < 1.29 is 4.79 Å². The molecule has 1 atom stereocenters. The number of Topliss-reactive ketones (excluding diaryl/α,β-unsaturated/α-hetero) is 1. The van der Waals surface area contributed by atoms with Gasteiger partial charge in [0.1, 0.15) is 5.92 Å². The van der Waals surface area contributed by atoms with E-state index >= 15 is 0 Å². The summed E-state index contributed by atoms with van der Waals surface area (Å²) >= 11 is 4.80. The number of ketones is 1. The van der Waals surface area contributed by atoms with E-state index in [1.54, 1.807) is 0 Å². The van der Waals surface area contributed by atoms with Crippen LogP contribution in [0.2, 0.25) is 0 Å². The summed E-state index contributed by atoms with van der Waals surface area (Å²) in [6.07, 6.45) is 0.629. The van der Waals surface area contributed by atoms with Crippen molar-refractivity contribution in [3.05, 3.63) is 20.3 Å². The highest BCUT2D eigenvalue weighted by atomic mass is 79.9. The lowest BCUT2D eigenvalue weighted by molar-refractivity contribution is 0.0941. The van der Waals surface area contributed by atoms with Crippen LogP contribution in [0.1, 0.15) is 35.5 Å². The molecule has 1 unspecified atom stereocenters. The summed E-state index contributed by atoms with van der Waals surface area (Å²) < 4.78 is 0.970. The number of carbonyl (C=O) groups excluding carboxylic acids is 1. The molecule has 1 heterocycles. The van der Waals surface area contributed by atoms with Gasteiger partial charge < -0.3 is 0 Å². The number of rotatable bonds is 4. The maximum absolute atomic E-state index is 12.0. The number of thiophene rings is 1. The Morgan fingerprint density at radius 1 is 1.62 bits per heavy atom. The van der Waals surface area contributed by atoms with Gasteiger partial charge in [-0.05, 0) is 46.8 Å². The second kappa shape index (κ2) is 5.60. The van der Waals surface area contributed by atoms with Crippen LogP contribution in [0.5, 0.6) is 0 Å². The topological polar surface area (TPSA) is 40.9 Å². The van der Waals surface area contributed by atoms with Crippen molar-refractivity contribution in [2.75, 3.05) is 0 Å². The fourth-order valence-electron chi connectivity index (χ4n) is 1.44. The third-order valence-corrected chi connectivity index (χ3v) is 4.43. The molecular formula is C12H14BrNOS. The lowest BCUT2D eigenvalue weighted by Gasteiger charge is -2.08. The zero-order chi connectivity index (χ0) is 12.3. The number of nitrogens with zero attached hydrogens (tertiary/aromatic N) is 1. The van der Waals surface area contributed by atoms with Gasteiger partial charge in [0.2, 0.25) is 0 Å². The number of hydrogen-bond donors (Lipinski definition) is 0. The predicted molar refractivity (Wildman–Crippen MR) is 69.6 cm³/mol. The van der Waals surface area contributed by atoms with Crippen molar-refractivity contribution in [1.82, 2.24) is 0 Å². The van der Waals surface area contributed by atoms with Gasteiger partial charge in [-0.1, -0.05) is 13.8 Å². The number of carbonyl (C=O) groups is 1. The highest BCUT2D eigenvalue weighted by Crippen LogP contribution is 2.30. The van der Waals surface area contributed by atoms with Gasteiger partial charge in [-0.15, -0.1) is 11.3 Å². The fraction of sp³-hybridized carbons (Fsp3) is 0.500. The number of halogens is 1. The van der Waals surface area contributed by atoms with Crippen molar-refractivity contribution >= 4 is 33.0 Å². The first kappa shape index (κ1) is 13.4. The standard InChI is InChI=1S/C12H14BrNOS/c1-7(2)4-9(6-14)11(15)10-5-8(3)12(13)16-10/h5,7,9H,4H2,1-3H3. The maximum Gasteiger partial charge on any atom is 0.189 e. The number of hydrogen-bond acceptors (Lipinski definition) is 3. The third kappa shape index (κ3) is 3.16. The lowest BCUT2D eigenvalue weighted by atomic mass is 9.94. The minimum absolute atomic E-state index is 0.0463. The second-order valence-corrected chi connectivity index (χ2v) is 6.61. The van der Waals surface area contributed by atoms with E-state index in [4.69, 9.17) is 5.26 Å². The third-order valence-electron chi connectivity index (χ3n) is 2.28. The van der Waals surface area contributed by atoms with Crippen LogP contribution < -0.4 is 0 Å². The van der Waals surface area contributed by atoms with Crippen LogP contribution in [0, 0.1) is 30.1 Å². The fourth-order valence-corrected chi connectivity index (χ4v) is 2.97. The quantitative estimate of drug-likeness (QED) is 0.782. The van der Waals surface area contributed by atoms with Crippen LogP contribution >= 0.6 is 27.3 Å². The minimum Gasteiger partial charge on any atom is -0.292 e. The smallest absolute Gasteiger partial charge is 0.189 e. The Bertz CT molecular complexity index is 411. The molecule has 0 aromatic carbocycles. The predicted octanol–water partition coefficient (Wildman–Crippen LogP) is 4.19. The summed E-state index contributed by atoms with van der Waals surface area (Å²) in [5.41, 5.74) is 1.05.